The largest absolute Gasteiger partial charge is 0.494 e. The van der Waals surface area contributed by atoms with Crippen molar-refractivity contribution in [3.8, 4) is 23.3 Å². The average Bonchev–Trinajstić information content (AvgIpc) is 3.54. The Bertz CT molecular complexity index is 1360. The molecule has 2 aliphatic rings. The van der Waals surface area contributed by atoms with Gasteiger partial charge in [0.15, 0.2) is 23.3 Å². The molecule has 1 atom stereocenters. The van der Waals surface area contributed by atoms with Gasteiger partial charge in [0.25, 0.3) is 0 Å². The summed E-state index contributed by atoms with van der Waals surface area (Å²) in [5, 5.41) is 30.0. The van der Waals surface area contributed by atoms with Gasteiger partial charge in [0.1, 0.15) is 6.61 Å². The average molecular weight is 583 g/mol. The number of halogens is 1. The molecule has 8 nitrogen and oxygen atoms in total. The number of aromatic hydroxyl groups is 2. The van der Waals surface area contributed by atoms with Crippen molar-refractivity contribution in [2.24, 2.45) is 11.8 Å². The van der Waals surface area contributed by atoms with Gasteiger partial charge in [-0.2, -0.15) is 0 Å². The van der Waals surface area contributed by atoms with Crippen LogP contribution in [0, 0.1) is 18.8 Å². The fourth-order valence-corrected chi connectivity index (χ4v) is 6.70. The Morgan fingerprint density at radius 3 is 2.44 bits per heavy atom. The smallest absolute Gasteiger partial charge is 0.306 e. The van der Waals surface area contributed by atoms with Crippen molar-refractivity contribution in [3.05, 3.63) is 69.7 Å². The highest BCUT2D eigenvalue weighted by atomic mass is 35.5. The van der Waals surface area contributed by atoms with E-state index >= 15 is 0 Å². The van der Waals surface area contributed by atoms with Crippen LogP contribution in [0.2, 0.25) is 5.02 Å². The first-order valence-corrected chi connectivity index (χ1v) is 14.7. The summed E-state index contributed by atoms with van der Waals surface area (Å²) >= 11 is 6.46. The Hall–Kier alpha value is -3.36. The van der Waals surface area contributed by atoms with E-state index in [0.717, 1.165) is 62.2 Å². The van der Waals surface area contributed by atoms with Gasteiger partial charge in [-0.25, -0.2) is 0 Å². The molecular formula is C32H39ClN2O6. The normalized spacial score (nSPS) is 20.2. The first-order chi connectivity index (χ1) is 19.7. The summed E-state index contributed by atoms with van der Waals surface area (Å²) in [6, 6.07) is 13.3. The third-order valence-electron chi connectivity index (χ3n) is 8.85. The number of carboxylic acids is 1. The van der Waals surface area contributed by atoms with E-state index in [1.807, 2.05) is 18.2 Å². The highest BCUT2D eigenvalue weighted by molar-refractivity contribution is 6.31. The lowest BCUT2D eigenvalue weighted by atomic mass is 9.81. The summed E-state index contributed by atoms with van der Waals surface area (Å²) in [5.41, 5.74) is 4.96. The minimum atomic E-state index is -0.672. The molecule has 1 saturated carbocycles. The molecule has 0 saturated heterocycles. The molecule has 2 aliphatic carbocycles. The van der Waals surface area contributed by atoms with Gasteiger partial charge >= 0.3 is 5.97 Å². The Balaban J connectivity index is 1.33. The summed E-state index contributed by atoms with van der Waals surface area (Å²) in [6.07, 6.45) is 5.35. The van der Waals surface area contributed by atoms with Gasteiger partial charge in [-0.1, -0.05) is 23.7 Å². The molecule has 1 unspecified atom stereocenters. The molecule has 3 aromatic rings. The molecule has 0 aliphatic heterocycles. The standard InChI is InChI=1S/C32H39ClN2O6/c1-20-24-9-11-27(25(24)8-10-26(20)33)34(18-21-3-6-23(7-4-21)32(38)39)19-22-5-12-28(29(17-22)40-2)41-16-15-35-30(36)13-14-31(35)37/h5,8,10,12-14,17,21,23,27,36-37H,3-4,6-7,9,11,15-16,18-19H2,1-2H3,(H,38,39). The number of hydrogen-bond acceptors (Lipinski definition) is 6. The van der Waals surface area contributed by atoms with E-state index in [0.29, 0.717) is 17.4 Å². The van der Waals surface area contributed by atoms with Crippen molar-refractivity contribution in [1.82, 2.24) is 9.47 Å². The van der Waals surface area contributed by atoms with Crippen molar-refractivity contribution in [1.29, 1.82) is 0 Å². The summed E-state index contributed by atoms with van der Waals surface area (Å²) in [6.45, 7) is 4.27. The van der Waals surface area contributed by atoms with E-state index in [9.17, 15) is 20.1 Å². The summed E-state index contributed by atoms with van der Waals surface area (Å²) in [4.78, 5) is 14.1. The molecule has 41 heavy (non-hydrogen) atoms. The maximum Gasteiger partial charge on any atom is 0.306 e. The first kappa shape index (κ1) is 29.1. The number of nitrogens with zero attached hydrogens (tertiary/aromatic N) is 2. The van der Waals surface area contributed by atoms with Gasteiger partial charge in [0, 0.05) is 36.3 Å². The number of aromatic nitrogens is 1. The van der Waals surface area contributed by atoms with Gasteiger partial charge in [0.05, 0.1) is 19.6 Å². The van der Waals surface area contributed by atoms with Crippen molar-refractivity contribution < 1.29 is 29.6 Å². The lowest BCUT2D eigenvalue weighted by Gasteiger charge is -2.35. The van der Waals surface area contributed by atoms with Gasteiger partial charge in [-0.15, -0.1) is 0 Å². The number of aliphatic carboxylic acids is 1. The van der Waals surface area contributed by atoms with Crippen LogP contribution >= 0.6 is 11.6 Å². The van der Waals surface area contributed by atoms with Crippen LogP contribution in [0.3, 0.4) is 0 Å². The molecule has 3 N–H and O–H groups in total. The summed E-state index contributed by atoms with van der Waals surface area (Å²) in [5.74, 6) is 0.741. The van der Waals surface area contributed by atoms with Gasteiger partial charge in [-0.05, 0) is 91.8 Å². The van der Waals surface area contributed by atoms with Crippen LogP contribution in [0.25, 0.3) is 0 Å². The zero-order chi connectivity index (χ0) is 29.1. The van der Waals surface area contributed by atoms with Crippen LogP contribution in [0.4, 0.5) is 0 Å². The lowest BCUT2D eigenvalue weighted by Crippen LogP contribution is -2.34. The second-order valence-electron chi connectivity index (χ2n) is 11.3. The predicted molar refractivity (Wildman–Crippen MR) is 157 cm³/mol. The van der Waals surface area contributed by atoms with Crippen LogP contribution in [0.1, 0.15) is 60.4 Å². The highest BCUT2D eigenvalue weighted by Gasteiger charge is 2.33. The highest BCUT2D eigenvalue weighted by Crippen LogP contribution is 2.42. The lowest BCUT2D eigenvalue weighted by molar-refractivity contribution is -0.143. The van der Waals surface area contributed by atoms with Crippen LogP contribution in [-0.4, -0.2) is 51.0 Å². The van der Waals surface area contributed by atoms with Crippen molar-refractivity contribution >= 4 is 17.6 Å². The fraction of sp³-hybridized carbons (Fsp3) is 0.469. The zero-order valence-corrected chi connectivity index (χ0v) is 24.4. The SMILES string of the molecule is COc1cc(CN(CC2CCC(C(=O)O)CC2)C2CCc3c2ccc(Cl)c3C)ccc1OCCn1c(O)ccc1O. The molecule has 0 spiro atoms. The molecule has 220 valence electrons. The van der Waals surface area contributed by atoms with Crippen LogP contribution in [0.5, 0.6) is 23.3 Å². The molecule has 1 heterocycles. The Labute approximate surface area is 246 Å². The number of carbonyl (C=O) groups is 1. The van der Waals surface area contributed by atoms with E-state index in [4.69, 9.17) is 21.1 Å². The van der Waals surface area contributed by atoms with E-state index in [-0.39, 0.29) is 36.9 Å². The van der Waals surface area contributed by atoms with Gasteiger partial charge in [0.2, 0.25) is 0 Å². The summed E-state index contributed by atoms with van der Waals surface area (Å²) in [7, 11) is 1.62. The fourth-order valence-electron chi connectivity index (χ4n) is 6.52. The molecule has 0 bridgehead atoms. The van der Waals surface area contributed by atoms with E-state index in [2.05, 4.69) is 24.0 Å². The van der Waals surface area contributed by atoms with Gasteiger partial charge in [-0.3, -0.25) is 14.3 Å². The monoisotopic (exact) mass is 582 g/mol. The predicted octanol–water partition coefficient (Wildman–Crippen LogP) is 6.33. The van der Waals surface area contributed by atoms with Crippen LogP contribution in [-0.2, 0) is 24.3 Å². The quantitative estimate of drug-likeness (QED) is 0.243. The molecule has 1 aromatic heterocycles. The van der Waals surface area contributed by atoms with E-state index in [1.165, 1.54) is 33.4 Å². The molecule has 5 rings (SSSR count). The number of fused-ring (bicyclic) bond motifs is 1. The number of methoxy groups -OCH3 is 1. The van der Waals surface area contributed by atoms with Crippen LogP contribution < -0.4 is 9.47 Å². The molecule has 0 radical (unpaired) electrons. The van der Waals surface area contributed by atoms with Crippen molar-refractivity contribution in [3.63, 3.8) is 0 Å². The molecule has 9 heteroatoms. The van der Waals surface area contributed by atoms with E-state index in [1.54, 1.807) is 7.11 Å². The maximum atomic E-state index is 11.5. The first-order valence-electron chi connectivity index (χ1n) is 14.4. The second-order valence-corrected chi connectivity index (χ2v) is 11.7. The van der Waals surface area contributed by atoms with Gasteiger partial charge < -0.3 is 24.8 Å². The molecular weight excluding hydrogens is 544 g/mol. The topological polar surface area (TPSA) is 104 Å². The molecule has 2 aromatic carbocycles. The second kappa shape index (κ2) is 12.7. The van der Waals surface area contributed by atoms with Crippen molar-refractivity contribution in [2.75, 3.05) is 20.3 Å². The molecule has 0 amide bonds. The van der Waals surface area contributed by atoms with Crippen LogP contribution in [0.15, 0.2) is 42.5 Å². The number of benzene rings is 2. The Morgan fingerprint density at radius 2 is 1.76 bits per heavy atom. The van der Waals surface area contributed by atoms with Crippen molar-refractivity contribution in [2.45, 2.75) is 64.6 Å². The minimum Gasteiger partial charge on any atom is -0.494 e. The third-order valence-corrected chi connectivity index (χ3v) is 9.26. The third kappa shape index (κ3) is 6.44. The zero-order valence-electron chi connectivity index (χ0n) is 23.7. The van der Waals surface area contributed by atoms with E-state index < -0.39 is 5.97 Å². The number of rotatable bonds is 11. The Morgan fingerprint density at radius 1 is 1.02 bits per heavy atom. The Kier molecular flexibility index (Phi) is 9.00. The molecule has 1 fully saturated rings. The number of carboxylic acid groups (broad SMARTS) is 1. The number of ether oxygens (including phenoxy) is 2. The maximum absolute atomic E-state index is 11.5. The summed E-state index contributed by atoms with van der Waals surface area (Å²) < 4.78 is 13.0. The number of hydrogen-bond donors (Lipinski definition) is 3. The minimum absolute atomic E-state index is 0.0177.